The van der Waals surface area contributed by atoms with E-state index in [0.29, 0.717) is 0 Å². The SMILES string of the molecule is CCCCCCCC(C#Cc1ccccc1)NC(=O)OCc1ccccc1. The highest BCUT2D eigenvalue weighted by molar-refractivity contribution is 5.68. The number of benzene rings is 2. The Morgan fingerprint density at radius 1 is 0.963 bits per heavy atom. The standard InChI is InChI=1S/C24H29NO2/c1-2-3-4-5-12-17-23(19-18-21-13-8-6-9-14-21)25-24(26)27-20-22-15-10-7-11-16-22/h6-11,13-16,23H,2-5,12,17,20H2,1H3,(H,25,26). The minimum absolute atomic E-state index is 0.199. The molecule has 2 aromatic rings. The van der Waals surface area contributed by atoms with E-state index in [9.17, 15) is 4.79 Å². The molecule has 0 aliphatic heterocycles. The van der Waals surface area contributed by atoms with Crippen LogP contribution >= 0.6 is 0 Å². The van der Waals surface area contributed by atoms with Crippen LogP contribution in [0.2, 0.25) is 0 Å². The van der Waals surface area contributed by atoms with E-state index in [2.05, 4.69) is 24.1 Å². The van der Waals surface area contributed by atoms with E-state index < -0.39 is 6.09 Å². The average Bonchev–Trinajstić information content (AvgIpc) is 2.71. The van der Waals surface area contributed by atoms with E-state index in [1.807, 2.05) is 60.7 Å². The lowest BCUT2D eigenvalue weighted by molar-refractivity contribution is 0.137. The van der Waals surface area contributed by atoms with E-state index in [0.717, 1.165) is 30.4 Å². The van der Waals surface area contributed by atoms with Gasteiger partial charge in [-0.2, -0.15) is 0 Å². The number of unbranched alkanes of at least 4 members (excludes halogenated alkanes) is 4. The molecule has 27 heavy (non-hydrogen) atoms. The summed E-state index contributed by atoms with van der Waals surface area (Å²) in [7, 11) is 0. The first-order valence-electron chi connectivity index (χ1n) is 9.81. The molecule has 1 amide bonds. The van der Waals surface area contributed by atoms with Crippen LogP contribution in [0.15, 0.2) is 60.7 Å². The monoisotopic (exact) mass is 363 g/mol. The van der Waals surface area contributed by atoms with E-state index in [4.69, 9.17) is 4.74 Å². The fraction of sp³-hybridized carbons (Fsp3) is 0.375. The molecule has 0 saturated carbocycles. The lowest BCUT2D eigenvalue weighted by atomic mass is 10.1. The van der Waals surface area contributed by atoms with Gasteiger partial charge in [-0.15, -0.1) is 0 Å². The summed E-state index contributed by atoms with van der Waals surface area (Å²) in [6, 6.07) is 19.3. The average molecular weight is 364 g/mol. The van der Waals surface area contributed by atoms with Crippen molar-refractivity contribution in [3.05, 3.63) is 71.8 Å². The van der Waals surface area contributed by atoms with Gasteiger partial charge in [-0.05, 0) is 24.1 Å². The van der Waals surface area contributed by atoms with E-state index in [1.54, 1.807) is 0 Å². The number of nitrogens with one attached hydrogen (secondary N) is 1. The molecule has 2 rings (SSSR count). The van der Waals surface area contributed by atoms with Gasteiger partial charge in [0.05, 0.1) is 6.04 Å². The Bertz CT molecular complexity index is 716. The number of rotatable bonds is 9. The molecule has 0 saturated heterocycles. The van der Waals surface area contributed by atoms with Crippen molar-refractivity contribution in [1.29, 1.82) is 0 Å². The molecule has 2 aromatic carbocycles. The van der Waals surface area contributed by atoms with Crippen molar-refractivity contribution in [3.8, 4) is 11.8 Å². The summed E-state index contributed by atoms with van der Waals surface area (Å²) in [6.07, 6.45) is 6.34. The Labute approximate surface area is 163 Å². The summed E-state index contributed by atoms with van der Waals surface area (Å²) in [5.74, 6) is 6.35. The number of hydrogen-bond acceptors (Lipinski definition) is 2. The molecule has 142 valence electrons. The van der Waals surface area contributed by atoms with Gasteiger partial charge < -0.3 is 10.1 Å². The molecular weight excluding hydrogens is 334 g/mol. The number of hydrogen-bond donors (Lipinski definition) is 1. The van der Waals surface area contributed by atoms with Crippen molar-refractivity contribution < 1.29 is 9.53 Å². The molecule has 0 spiro atoms. The second kappa shape index (κ2) is 12.6. The first-order chi connectivity index (χ1) is 13.3. The topological polar surface area (TPSA) is 38.3 Å². The molecule has 0 fully saturated rings. The maximum atomic E-state index is 12.2. The maximum absolute atomic E-state index is 12.2. The van der Waals surface area contributed by atoms with Gasteiger partial charge in [0.1, 0.15) is 6.61 Å². The molecule has 3 nitrogen and oxygen atoms in total. The van der Waals surface area contributed by atoms with Crippen molar-refractivity contribution in [2.45, 2.75) is 58.1 Å². The van der Waals surface area contributed by atoms with Crippen LogP contribution in [0.1, 0.15) is 56.6 Å². The molecule has 3 heteroatoms. The quantitative estimate of drug-likeness (QED) is 0.459. The van der Waals surface area contributed by atoms with Gasteiger partial charge in [0.15, 0.2) is 0 Å². The molecule has 1 unspecified atom stereocenters. The predicted molar refractivity (Wildman–Crippen MR) is 110 cm³/mol. The van der Waals surface area contributed by atoms with Crippen LogP contribution in [-0.4, -0.2) is 12.1 Å². The van der Waals surface area contributed by atoms with Gasteiger partial charge in [-0.1, -0.05) is 99.4 Å². The van der Waals surface area contributed by atoms with Crippen molar-refractivity contribution in [2.24, 2.45) is 0 Å². The van der Waals surface area contributed by atoms with Crippen LogP contribution in [0.3, 0.4) is 0 Å². The summed E-state index contributed by atoms with van der Waals surface area (Å²) in [6.45, 7) is 2.47. The van der Waals surface area contributed by atoms with Crippen LogP contribution in [-0.2, 0) is 11.3 Å². The van der Waals surface area contributed by atoms with Crippen LogP contribution < -0.4 is 5.32 Å². The largest absolute Gasteiger partial charge is 0.445 e. The third-order valence-corrected chi connectivity index (χ3v) is 4.27. The van der Waals surface area contributed by atoms with Crippen LogP contribution in [0.5, 0.6) is 0 Å². The normalized spacial score (nSPS) is 11.1. The second-order valence-corrected chi connectivity index (χ2v) is 6.60. The molecule has 0 radical (unpaired) electrons. The molecule has 0 bridgehead atoms. The van der Waals surface area contributed by atoms with Gasteiger partial charge in [0.25, 0.3) is 0 Å². The third-order valence-electron chi connectivity index (χ3n) is 4.27. The maximum Gasteiger partial charge on any atom is 0.408 e. The third kappa shape index (κ3) is 8.96. The molecule has 0 aromatic heterocycles. The Hall–Kier alpha value is -2.73. The number of amides is 1. The zero-order chi connectivity index (χ0) is 19.2. The van der Waals surface area contributed by atoms with Crippen molar-refractivity contribution in [3.63, 3.8) is 0 Å². The number of ether oxygens (including phenoxy) is 1. The van der Waals surface area contributed by atoms with E-state index >= 15 is 0 Å². The zero-order valence-electron chi connectivity index (χ0n) is 16.1. The van der Waals surface area contributed by atoms with Crippen molar-refractivity contribution >= 4 is 6.09 Å². The highest BCUT2D eigenvalue weighted by Crippen LogP contribution is 2.08. The Balaban J connectivity index is 1.87. The van der Waals surface area contributed by atoms with Crippen LogP contribution in [0.25, 0.3) is 0 Å². The Morgan fingerprint density at radius 2 is 1.63 bits per heavy atom. The minimum Gasteiger partial charge on any atom is -0.445 e. The summed E-state index contributed by atoms with van der Waals surface area (Å²) in [5.41, 5.74) is 1.92. The first kappa shape index (κ1) is 20.6. The highest BCUT2D eigenvalue weighted by atomic mass is 16.5. The van der Waals surface area contributed by atoms with Crippen molar-refractivity contribution in [1.82, 2.24) is 5.32 Å². The van der Waals surface area contributed by atoms with E-state index in [-0.39, 0.29) is 12.6 Å². The van der Waals surface area contributed by atoms with Gasteiger partial charge in [0, 0.05) is 5.56 Å². The molecule has 1 atom stereocenters. The zero-order valence-corrected chi connectivity index (χ0v) is 16.1. The molecular formula is C24H29NO2. The van der Waals surface area contributed by atoms with Crippen LogP contribution in [0.4, 0.5) is 4.79 Å². The fourth-order valence-corrected chi connectivity index (χ4v) is 2.73. The van der Waals surface area contributed by atoms with Gasteiger partial charge in [-0.3, -0.25) is 0 Å². The highest BCUT2D eigenvalue weighted by Gasteiger charge is 2.11. The molecule has 0 aliphatic carbocycles. The lowest BCUT2D eigenvalue weighted by Gasteiger charge is -2.13. The number of carbonyl (C=O) groups is 1. The van der Waals surface area contributed by atoms with Gasteiger partial charge in [0.2, 0.25) is 0 Å². The summed E-state index contributed by atoms with van der Waals surface area (Å²) < 4.78 is 5.34. The predicted octanol–water partition coefficient (Wildman–Crippen LogP) is 5.69. The second-order valence-electron chi connectivity index (χ2n) is 6.60. The minimum atomic E-state index is -0.417. The van der Waals surface area contributed by atoms with E-state index in [1.165, 1.54) is 19.3 Å². The van der Waals surface area contributed by atoms with Crippen molar-refractivity contribution in [2.75, 3.05) is 0 Å². The van der Waals surface area contributed by atoms with Gasteiger partial charge >= 0.3 is 6.09 Å². The number of alkyl carbamates (subject to hydrolysis) is 1. The number of carbonyl (C=O) groups excluding carboxylic acids is 1. The molecule has 1 N–H and O–H groups in total. The van der Waals surface area contributed by atoms with Crippen LogP contribution in [0, 0.1) is 11.8 Å². The van der Waals surface area contributed by atoms with Gasteiger partial charge in [-0.25, -0.2) is 4.79 Å². The fourth-order valence-electron chi connectivity index (χ4n) is 2.73. The summed E-state index contributed by atoms with van der Waals surface area (Å²) in [4.78, 5) is 12.2. The smallest absolute Gasteiger partial charge is 0.408 e. The Morgan fingerprint density at radius 3 is 2.33 bits per heavy atom. The molecule has 0 aliphatic rings. The lowest BCUT2D eigenvalue weighted by Crippen LogP contribution is -2.34. The summed E-state index contributed by atoms with van der Waals surface area (Å²) >= 11 is 0. The summed E-state index contributed by atoms with van der Waals surface area (Å²) in [5, 5.41) is 2.91. The molecule has 0 heterocycles. The first-order valence-corrected chi connectivity index (χ1v) is 9.81. The Kier molecular flexibility index (Phi) is 9.60.